The van der Waals surface area contributed by atoms with Gasteiger partial charge in [0.1, 0.15) is 0 Å². The number of nitrogens with two attached hydrogens (primary N) is 1. The molecule has 0 radical (unpaired) electrons. The minimum atomic E-state index is 0.721. The lowest BCUT2D eigenvalue weighted by atomic mass is 10.1. The van der Waals surface area contributed by atoms with E-state index in [0.717, 1.165) is 35.2 Å². The molecule has 0 fully saturated rings. The van der Waals surface area contributed by atoms with Crippen molar-refractivity contribution < 1.29 is 0 Å². The molecule has 3 rings (SSSR count). The first-order chi connectivity index (χ1) is 9.34. The van der Waals surface area contributed by atoms with Crippen molar-refractivity contribution in [3.8, 4) is 0 Å². The molecule has 3 N–H and O–H groups in total. The van der Waals surface area contributed by atoms with Crippen LogP contribution in [0.3, 0.4) is 0 Å². The molecule has 0 unspecified atom stereocenters. The van der Waals surface area contributed by atoms with E-state index in [1.165, 1.54) is 5.56 Å². The number of anilines is 2. The van der Waals surface area contributed by atoms with E-state index in [1.54, 1.807) is 17.5 Å². The Morgan fingerprint density at radius 1 is 1.21 bits per heavy atom. The zero-order valence-electron chi connectivity index (χ0n) is 10.5. The second-order valence-electron chi connectivity index (χ2n) is 4.41. The molecule has 2 aromatic heterocycles. The molecule has 19 heavy (non-hydrogen) atoms. The maximum atomic E-state index is 5.94. The summed E-state index contributed by atoms with van der Waals surface area (Å²) in [5.41, 5.74) is 9.99. The van der Waals surface area contributed by atoms with E-state index >= 15 is 0 Å². The predicted molar refractivity (Wildman–Crippen MR) is 82.7 cm³/mol. The van der Waals surface area contributed by atoms with E-state index < -0.39 is 0 Å². The van der Waals surface area contributed by atoms with Crippen molar-refractivity contribution in [3.63, 3.8) is 0 Å². The second kappa shape index (κ2) is 5.28. The summed E-state index contributed by atoms with van der Waals surface area (Å²) in [5, 5.41) is 8.83. The third kappa shape index (κ3) is 2.53. The molecule has 0 amide bonds. The molecule has 0 saturated carbocycles. The smallest absolute Gasteiger partial charge is 0.0951 e. The maximum absolute atomic E-state index is 5.94. The molecular formula is C15H15N3S. The van der Waals surface area contributed by atoms with E-state index in [4.69, 9.17) is 5.73 Å². The predicted octanol–water partition coefficient (Wildman–Crippen LogP) is 3.53. The van der Waals surface area contributed by atoms with Gasteiger partial charge in [-0.2, -0.15) is 11.3 Å². The number of rotatable bonds is 4. The van der Waals surface area contributed by atoms with Gasteiger partial charge >= 0.3 is 0 Å². The van der Waals surface area contributed by atoms with Gasteiger partial charge in [-0.15, -0.1) is 0 Å². The van der Waals surface area contributed by atoms with Gasteiger partial charge in [0.05, 0.1) is 11.2 Å². The average molecular weight is 269 g/mol. The largest absolute Gasteiger partial charge is 0.397 e. The lowest BCUT2D eigenvalue weighted by Crippen LogP contribution is -2.05. The summed E-state index contributed by atoms with van der Waals surface area (Å²) in [5.74, 6) is 0. The van der Waals surface area contributed by atoms with Crippen molar-refractivity contribution in [2.75, 3.05) is 17.6 Å². The topological polar surface area (TPSA) is 50.9 Å². The highest BCUT2D eigenvalue weighted by molar-refractivity contribution is 7.07. The molecule has 0 atom stereocenters. The standard InChI is InChI=1S/C15H15N3S/c16-13-3-4-14(12-2-1-7-18-15(12)13)17-8-5-11-6-9-19-10-11/h1-4,6-7,9-10,17H,5,8,16H2. The highest BCUT2D eigenvalue weighted by Gasteiger charge is 2.04. The van der Waals surface area contributed by atoms with Crippen molar-refractivity contribution in [1.29, 1.82) is 0 Å². The number of aromatic nitrogens is 1. The van der Waals surface area contributed by atoms with E-state index in [0.29, 0.717) is 0 Å². The summed E-state index contributed by atoms with van der Waals surface area (Å²) in [4.78, 5) is 4.34. The summed E-state index contributed by atoms with van der Waals surface area (Å²) in [6.07, 6.45) is 2.80. The summed E-state index contributed by atoms with van der Waals surface area (Å²) < 4.78 is 0. The lowest BCUT2D eigenvalue weighted by Gasteiger charge is -2.10. The third-order valence-corrected chi connectivity index (χ3v) is 3.84. The van der Waals surface area contributed by atoms with E-state index in [9.17, 15) is 0 Å². The molecule has 0 aliphatic rings. The van der Waals surface area contributed by atoms with Gasteiger partial charge in [0, 0.05) is 23.8 Å². The van der Waals surface area contributed by atoms with Crippen LogP contribution in [0.5, 0.6) is 0 Å². The number of benzene rings is 1. The van der Waals surface area contributed by atoms with Crippen molar-refractivity contribution >= 4 is 33.6 Å². The van der Waals surface area contributed by atoms with E-state index in [-0.39, 0.29) is 0 Å². The second-order valence-corrected chi connectivity index (χ2v) is 5.19. The first-order valence-corrected chi connectivity index (χ1v) is 7.17. The van der Waals surface area contributed by atoms with E-state index in [2.05, 4.69) is 27.1 Å². The number of fused-ring (bicyclic) bond motifs is 1. The van der Waals surface area contributed by atoms with Crippen LogP contribution in [-0.2, 0) is 6.42 Å². The average Bonchev–Trinajstić information content (AvgIpc) is 2.95. The van der Waals surface area contributed by atoms with Crippen LogP contribution in [-0.4, -0.2) is 11.5 Å². The molecule has 2 heterocycles. The van der Waals surface area contributed by atoms with Gasteiger partial charge in [-0.05, 0) is 53.1 Å². The Kier molecular flexibility index (Phi) is 3.33. The fraction of sp³-hybridized carbons (Fsp3) is 0.133. The molecule has 4 heteroatoms. The molecule has 0 spiro atoms. The van der Waals surface area contributed by atoms with Crippen LogP contribution < -0.4 is 11.1 Å². The molecule has 3 nitrogen and oxygen atoms in total. The number of nitrogens with one attached hydrogen (secondary N) is 1. The first kappa shape index (κ1) is 12.0. The molecule has 1 aromatic carbocycles. The van der Waals surface area contributed by atoms with Gasteiger partial charge in [-0.25, -0.2) is 0 Å². The van der Waals surface area contributed by atoms with Crippen LogP contribution in [0.15, 0.2) is 47.3 Å². The highest BCUT2D eigenvalue weighted by Crippen LogP contribution is 2.26. The maximum Gasteiger partial charge on any atom is 0.0951 e. The Labute approximate surface area is 116 Å². The Morgan fingerprint density at radius 2 is 2.16 bits per heavy atom. The number of nitrogens with zero attached hydrogens (tertiary/aromatic N) is 1. The lowest BCUT2D eigenvalue weighted by molar-refractivity contribution is 1.03. The van der Waals surface area contributed by atoms with Crippen LogP contribution in [0, 0.1) is 0 Å². The van der Waals surface area contributed by atoms with Crippen molar-refractivity contribution in [2.24, 2.45) is 0 Å². The van der Waals surface area contributed by atoms with Crippen LogP contribution in [0.4, 0.5) is 11.4 Å². The van der Waals surface area contributed by atoms with Gasteiger partial charge < -0.3 is 11.1 Å². The molecular weight excluding hydrogens is 254 g/mol. The minimum Gasteiger partial charge on any atom is -0.397 e. The number of nitrogen functional groups attached to an aromatic ring is 1. The number of pyridine rings is 1. The van der Waals surface area contributed by atoms with Crippen LogP contribution >= 0.6 is 11.3 Å². The number of thiophene rings is 1. The number of hydrogen-bond donors (Lipinski definition) is 2. The van der Waals surface area contributed by atoms with Gasteiger partial charge in [0.15, 0.2) is 0 Å². The Morgan fingerprint density at radius 3 is 3.00 bits per heavy atom. The fourth-order valence-electron chi connectivity index (χ4n) is 2.13. The van der Waals surface area contributed by atoms with Crippen LogP contribution in [0.1, 0.15) is 5.56 Å². The molecule has 0 bridgehead atoms. The highest BCUT2D eigenvalue weighted by atomic mass is 32.1. The van der Waals surface area contributed by atoms with Gasteiger partial charge in [0.25, 0.3) is 0 Å². The normalized spacial score (nSPS) is 10.7. The van der Waals surface area contributed by atoms with Crippen molar-refractivity contribution in [3.05, 3.63) is 52.9 Å². The molecule has 0 saturated heterocycles. The minimum absolute atomic E-state index is 0.721. The zero-order chi connectivity index (χ0) is 13.1. The quantitative estimate of drug-likeness (QED) is 0.712. The third-order valence-electron chi connectivity index (χ3n) is 3.11. The van der Waals surface area contributed by atoms with Crippen LogP contribution in [0.25, 0.3) is 10.9 Å². The van der Waals surface area contributed by atoms with E-state index in [1.807, 2.05) is 24.3 Å². The SMILES string of the molecule is Nc1ccc(NCCc2ccsc2)c2cccnc12. The molecule has 0 aliphatic heterocycles. The van der Waals surface area contributed by atoms with Crippen molar-refractivity contribution in [1.82, 2.24) is 4.98 Å². The first-order valence-electron chi connectivity index (χ1n) is 6.23. The summed E-state index contributed by atoms with van der Waals surface area (Å²) in [7, 11) is 0. The number of hydrogen-bond acceptors (Lipinski definition) is 4. The Bertz CT molecular complexity index is 677. The summed E-state index contributed by atoms with van der Waals surface area (Å²) >= 11 is 1.74. The monoisotopic (exact) mass is 269 g/mol. The van der Waals surface area contributed by atoms with Gasteiger partial charge in [0.2, 0.25) is 0 Å². The summed E-state index contributed by atoms with van der Waals surface area (Å²) in [6.45, 7) is 0.907. The van der Waals surface area contributed by atoms with Gasteiger partial charge in [-0.3, -0.25) is 4.98 Å². The molecule has 0 aliphatic carbocycles. The van der Waals surface area contributed by atoms with Crippen molar-refractivity contribution in [2.45, 2.75) is 6.42 Å². The van der Waals surface area contributed by atoms with Crippen LogP contribution in [0.2, 0.25) is 0 Å². The fourth-order valence-corrected chi connectivity index (χ4v) is 2.83. The molecule has 3 aromatic rings. The molecule has 96 valence electrons. The summed E-state index contributed by atoms with van der Waals surface area (Å²) in [6, 6.07) is 10.1. The Balaban J connectivity index is 1.79. The van der Waals surface area contributed by atoms with Gasteiger partial charge in [-0.1, -0.05) is 0 Å². The Hall–Kier alpha value is -2.07. The zero-order valence-corrected chi connectivity index (χ0v) is 11.3.